The number of likely N-dealkylation sites (tertiary alicyclic amines) is 1. The van der Waals surface area contributed by atoms with E-state index in [2.05, 4.69) is 18.8 Å². The standard InChI is InChI=1S/C18H24N4OS/c1-12-13(2)24-17(20-12)15-6-5-9-22(11-15)18(23)14-7-8-19-16(10-14)21(3)4/h7-8,10,15H,5-6,9,11H2,1-4H3. The molecule has 0 N–H and O–H groups in total. The second kappa shape index (κ2) is 6.89. The van der Waals surface area contributed by atoms with Gasteiger partial charge in [-0.1, -0.05) is 0 Å². The number of aryl methyl sites for hydroxylation is 2. The van der Waals surface area contributed by atoms with Crippen LogP contribution in [-0.2, 0) is 0 Å². The molecule has 0 aromatic carbocycles. The molecule has 24 heavy (non-hydrogen) atoms. The summed E-state index contributed by atoms with van der Waals surface area (Å²) in [5.41, 5.74) is 1.82. The first-order valence-corrected chi connectivity index (χ1v) is 9.14. The number of amides is 1. The van der Waals surface area contributed by atoms with Crippen LogP contribution < -0.4 is 4.90 Å². The smallest absolute Gasteiger partial charge is 0.254 e. The van der Waals surface area contributed by atoms with Crippen molar-refractivity contribution in [3.63, 3.8) is 0 Å². The highest BCUT2D eigenvalue weighted by atomic mass is 32.1. The molecule has 1 saturated heterocycles. The molecule has 0 radical (unpaired) electrons. The number of carbonyl (C=O) groups is 1. The molecule has 0 saturated carbocycles. The fourth-order valence-electron chi connectivity index (χ4n) is 3.01. The van der Waals surface area contributed by atoms with E-state index in [0.717, 1.165) is 37.4 Å². The molecule has 2 aromatic heterocycles. The highest BCUT2D eigenvalue weighted by Gasteiger charge is 2.27. The average molecular weight is 344 g/mol. The normalized spacial score (nSPS) is 17.8. The summed E-state index contributed by atoms with van der Waals surface area (Å²) in [5, 5.41) is 1.17. The summed E-state index contributed by atoms with van der Waals surface area (Å²) in [5.74, 6) is 1.26. The molecule has 2 aromatic rings. The van der Waals surface area contributed by atoms with Crippen molar-refractivity contribution in [3.05, 3.63) is 39.5 Å². The van der Waals surface area contributed by atoms with E-state index >= 15 is 0 Å². The van der Waals surface area contributed by atoms with Crippen molar-refractivity contribution in [3.8, 4) is 0 Å². The highest BCUT2D eigenvalue weighted by molar-refractivity contribution is 7.11. The van der Waals surface area contributed by atoms with Gasteiger partial charge >= 0.3 is 0 Å². The van der Waals surface area contributed by atoms with Crippen molar-refractivity contribution in [2.75, 3.05) is 32.1 Å². The lowest BCUT2D eigenvalue weighted by Crippen LogP contribution is -2.39. The Hall–Kier alpha value is -1.95. The SMILES string of the molecule is Cc1nc(C2CCCN(C(=O)c3ccnc(N(C)C)c3)C2)sc1C. The maximum atomic E-state index is 12.9. The first kappa shape index (κ1) is 16.9. The molecule has 1 unspecified atom stereocenters. The maximum Gasteiger partial charge on any atom is 0.254 e. The van der Waals surface area contributed by atoms with Crippen molar-refractivity contribution in [1.29, 1.82) is 0 Å². The van der Waals surface area contributed by atoms with Crippen LogP contribution in [0.25, 0.3) is 0 Å². The molecular formula is C18H24N4OS. The second-order valence-electron chi connectivity index (χ2n) is 6.58. The number of rotatable bonds is 3. The van der Waals surface area contributed by atoms with Gasteiger partial charge in [0.05, 0.1) is 10.7 Å². The van der Waals surface area contributed by atoms with Crippen LogP contribution in [0.4, 0.5) is 5.82 Å². The Labute approximate surface area is 147 Å². The zero-order valence-corrected chi connectivity index (χ0v) is 15.6. The molecule has 128 valence electrons. The van der Waals surface area contributed by atoms with Gasteiger partial charge in [-0.25, -0.2) is 9.97 Å². The van der Waals surface area contributed by atoms with E-state index in [9.17, 15) is 4.79 Å². The fraction of sp³-hybridized carbons (Fsp3) is 0.500. The van der Waals surface area contributed by atoms with Gasteiger partial charge in [0, 0.05) is 49.7 Å². The molecular weight excluding hydrogens is 320 g/mol. The van der Waals surface area contributed by atoms with E-state index in [1.807, 2.05) is 30.0 Å². The highest BCUT2D eigenvalue weighted by Crippen LogP contribution is 2.31. The van der Waals surface area contributed by atoms with Crippen LogP contribution in [-0.4, -0.2) is 48.0 Å². The summed E-state index contributed by atoms with van der Waals surface area (Å²) >= 11 is 1.77. The average Bonchev–Trinajstić information content (AvgIpc) is 2.93. The Bertz CT molecular complexity index is 721. The summed E-state index contributed by atoms with van der Waals surface area (Å²) in [6.07, 6.45) is 3.84. The Balaban J connectivity index is 1.76. The minimum atomic E-state index is 0.0928. The van der Waals surface area contributed by atoms with E-state index in [1.54, 1.807) is 23.6 Å². The fourth-order valence-corrected chi connectivity index (χ4v) is 4.06. The number of hydrogen-bond acceptors (Lipinski definition) is 5. The minimum Gasteiger partial charge on any atom is -0.363 e. The maximum absolute atomic E-state index is 12.9. The summed E-state index contributed by atoms with van der Waals surface area (Å²) in [4.78, 5) is 27.0. The quantitative estimate of drug-likeness (QED) is 0.858. The Kier molecular flexibility index (Phi) is 4.85. The Morgan fingerprint density at radius 2 is 2.17 bits per heavy atom. The first-order chi connectivity index (χ1) is 11.5. The van der Waals surface area contributed by atoms with E-state index < -0.39 is 0 Å². The molecule has 0 bridgehead atoms. The zero-order valence-electron chi connectivity index (χ0n) is 14.7. The largest absolute Gasteiger partial charge is 0.363 e. The number of thiazole rings is 1. The lowest BCUT2D eigenvalue weighted by Gasteiger charge is -2.32. The van der Waals surface area contributed by atoms with Gasteiger partial charge in [0.2, 0.25) is 0 Å². The number of anilines is 1. The zero-order chi connectivity index (χ0) is 17.3. The van der Waals surface area contributed by atoms with E-state index in [4.69, 9.17) is 4.98 Å². The van der Waals surface area contributed by atoms with E-state index in [0.29, 0.717) is 11.5 Å². The van der Waals surface area contributed by atoms with Crippen LogP contribution in [0.15, 0.2) is 18.3 Å². The van der Waals surface area contributed by atoms with Crippen LogP contribution in [0.5, 0.6) is 0 Å². The van der Waals surface area contributed by atoms with Crippen molar-refractivity contribution >= 4 is 23.1 Å². The number of pyridine rings is 1. The molecule has 0 spiro atoms. The predicted octanol–water partition coefficient (Wildman–Crippen LogP) is 3.24. The van der Waals surface area contributed by atoms with Gasteiger partial charge in [-0.15, -0.1) is 11.3 Å². The number of aromatic nitrogens is 2. The van der Waals surface area contributed by atoms with Crippen LogP contribution >= 0.6 is 11.3 Å². The number of carbonyl (C=O) groups excluding carboxylic acids is 1. The van der Waals surface area contributed by atoms with Crippen molar-refractivity contribution < 1.29 is 4.79 Å². The Morgan fingerprint density at radius 3 is 2.83 bits per heavy atom. The third-order valence-electron chi connectivity index (χ3n) is 4.55. The van der Waals surface area contributed by atoms with Crippen molar-refractivity contribution in [2.24, 2.45) is 0 Å². The lowest BCUT2D eigenvalue weighted by molar-refractivity contribution is 0.0707. The number of nitrogens with zero attached hydrogens (tertiary/aromatic N) is 4. The second-order valence-corrected chi connectivity index (χ2v) is 7.82. The van der Waals surface area contributed by atoms with Gasteiger partial charge in [-0.3, -0.25) is 4.79 Å². The summed E-state index contributed by atoms with van der Waals surface area (Å²) < 4.78 is 0. The van der Waals surface area contributed by atoms with Gasteiger partial charge in [0.25, 0.3) is 5.91 Å². The molecule has 6 heteroatoms. The summed E-state index contributed by atoms with van der Waals surface area (Å²) in [7, 11) is 3.86. The third kappa shape index (κ3) is 3.43. The molecule has 3 heterocycles. The van der Waals surface area contributed by atoms with Gasteiger partial charge in [0.15, 0.2) is 0 Å². The van der Waals surface area contributed by atoms with Gasteiger partial charge in [-0.2, -0.15) is 0 Å². The molecule has 0 aliphatic carbocycles. The predicted molar refractivity (Wildman–Crippen MR) is 98.0 cm³/mol. The third-order valence-corrected chi connectivity index (χ3v) is 5.79. The van der Waals surface area contributed by atoms with E-state index in [1.165, 1.54) is 9.88 Å². The molecule has 5 nitrogen and oxygen atoms in total. The van der Waals surface area contributed by atoms with Crippen LogP contribution in [0.2, 0.25) is 0 Å². The van der Waals surface area contributed by atoms with Crippen LogP contribution in [0.3, 0.4) is 0 Å². The first-order valence-electron chi connectivity index (χ1n) is 8.32. The molecule has 1 aliphatic rings. The van der Waals surface area contributed by atoms with E-state index in [-0.39, 0.29) is 5.91 Å². The lowest BCUT2D eigenvalue weighted by atomic mass is 9.98. The minimum absolute atomic E-state index is 0.0928. The van der Waals surface area contributed by atoms with Crippen molar-refractivity contribution in [1.82, 2.24) is 14.9 Å². The van der Waals surface area contributed by atoms with Crippen LogP contribution in [0.1, 0.15) is 44.7 Å². The molecule has 3 rings (SSSR count). The molecule has 1 aliphatic heterocycles. The topological polar surface area (TPSA) is 49.3 Å². The number of piperidine rings is 1. The van der Waals surface area contributed by atoms with Crippen molar-refractivity contribution in [2.45, 2.75) is 32.6 Å². The molecule has 1 fully saturated rings. The molecule has 1 amide bonds. The summed E-state index contributed by atoms with van der Waals surface area (Å²) in [6, 6.07) is 3.67. The van der Waals surface area contributed by atoms with Gasteiger partial charge in [-0.05, 0) is 38.8 Å². The van der Waals surface area contributed by atoms with Crippen LogP contribution in [0, 0.1) is 13.8 Å². The molecule has 1 atom stereocenters. The summed E-state index contributed by atoms with van der Waals surface area (Å²) in [6.45, 7) is 5.74. The Morgan fingerprint density at radius 1 is 1.38 bits per heavy atom. The monoisotopic (exact) mass is 344 g/mol. The van der Waals surface area contributed by atoms with Gasteiger partial charge in [0.1, 0.15) is 5.82 Å². The van der Waals surface area contributed by atoms with Gasteiger partial charge < -0.3 is 9.80 Å². The number of hydrogen-bond donors (Lipinski definition) is 0.